The molecule has 1 fully saturated rings. The maximum atomic E-state index is 12.8. The molecular formula is C23H22F3N5O2. The van der Waals surface area contributed by atoms with Crippen molar-refractivity contribution in [3.8, 4) is 11.4 Å². The van der Waals surface area contributed by atoms with Crippen LogP contribution in [0.2, 0.25) is 0 Å². The molecule has 1 saturated heterocycles. The minimum Gasteiger partial charge on any atom is -0.465 e. The molecular weight excluding hydrogens is 435 g/mol. The van der Waals surface area contributed by atoms with Gasteiger partial charge in [-0.2, -0.15) is 13.2 Å². The normalized spacial score (nSPS) is 14.3. The van der Waals surface area contributed by atoms with E-state index in [1.807, 2.05) is 25.1 Å². The number of pyridine rings is 1. The molecule has 2 aromatic heterocycles. The van der Waals surface area contributed by atoms with E-state index in [9.17, 15) is 18.0 Å². The topological polar surface area (TPSA) is 71.5 Å². The van der Waals surface area contributed by atoms with Crippen molar-refractivity contribution in [1.29, 1.82) is 0 Å². The first-order valence-electron chi connectivity index (χ1n) is 10.3. The van der Waals surface area contributed by atoms with Gasteiger partial charge >= 0.3 is 12.1 Å². The fourth-order valence-electron chi connectivity index (χ4n) is 3.66. The Bertz CT molecular complexity index is 1130. The first-order chi connectivity index (χ1) is 15.7. The second-order valence-corrected chi connectivity index (χ2v) is 7.63. The average molecular weight is 457 g/mol. The number of halogens is 3. The summed E-state index contributed by atoms with van der Waals surface area (Å²) >= 11 is 0. The van der Waals surface area contributed by atoms with E-state index < -0.39 is 11.9 Å². The summed E-state index contributed by atoms with van der Waals surface area (Å²) < 4.78 is 43.1. The Hall–Kier alpha value is -3.69. The van der Waals surface area contributed by atoms with Crippen molar-refractivity contribution in [2.75, 3.05) is 43.1 Å². The molecule has 1 aliphatic heterocycles. The molecule has 4 rings (SSSR count). The number of benzene rings is 1. The summed E-state index contributed by atoms with van der Waals surface area (Å²) in [6.07, 6.45) is -3.34. The van der Waals surface area contributed by atoms with E-state index in [1.54, 1.807) is 12.1 Å². The highest BCUT2D eigenvalue weighted by atomic mass is 19.4. The van der Waals surface area contributed by atoms with E-state index in [4.69, 9.17) is 4.74 Å². The lowest BCUT2D eigenvalue weighted by atomic mass is 10.2. The molecule has 1 aliphatic rings. The Kier molecular flexibility index (Phi) is 6.17. The number of carbonyl (C=O) groups is 1. The summed E-state index contributed by atoms with van der Waals surface area (Å²) in [5.41, 5.74) is 1.71. The van der Waals surface area contributed by atoms with Crippen LogP contribution in [0.1, 0.15) is 21.7 Å². The van der Waals surface area contributed by atoms with Gasteiger partial charge in [0.15, 0.2) is 5.82 Å². The number of anilines is 2. The van der Waals surface area contributed by atoms with Crippen molar-refractivity contribution in [3.63, 3.8) is 0 Å². The molecule has 172 valence electrons. The second kappa shape index (κ2) is 9.05. The zero-order chi connectivity index (χ0) is 23.6. The van der Waals surface area contributed by atoms with Crippen molar-refractivity contribution >= 4 is 17.5 Å². The standard InChI is InChI=1S/C23H22F3N5O2/c1-15-13-20(29-21(28-15)17-5-8-19(27-14-17)23(24,25)26)31-11-9-30(10-12-31)18-6-3-16(4-7-18)22(32)33-2/h3-8,13-14H,9-12H2,1-2H3. The minimum absolute atomic E-state index is 0.340. The van der Waals surface area contributed by atoms with Crippen LogP contribution in [0.25, 0.3) is 11.4 Å². The fraction of sp³-hybridized carbons (Fsp3) is 0.304. The van der Waals surface area contributed by atoms with Gasteiger partial charge in [0.25, 0.3) is 0 Å². The summed E-state index contributed by atoms with van der Waals surface area (Å²) in [7, 11) is 1.35. The molecule has 0 aliphatic carbocycles. The molecule has 3 heterocycles. The smallest absolute Gasteiger partial charge is 0.433 e. The maximum Gasteiger partial charge on any atom is 0.433 e. The summed E-state index contributed by atoms with van der Waals surface area (Å²) in [4.78, 5) is 28.4. The zero-order valence-corrected chi connectivity index (χ0v) is 18.1. The van der Waals surface area contributed by atoms with Gasteiger partial charge in [-0.3, -0.25) is 4.98 Å². The van der Waals surface area contributed by atoms with Gasteiger partial charge in [0.1, 0.15) is 11.5 Å². The van der Waals surface area contributed by atoms with Crippen LogP contribution in [0.4, 0.5) is 24.7 Å². The lowest BCUT2D eigenvalue weighted by Crippen LogP contribution is -2.46. The predicted octanol–water partition coefficient (Wildman–Crippen LogP) is 3.98. The average Bonchev–Trinajstić information content (AvgIpc) is 2.83. The largest absolute Gasteiger partial charge is 0.465 e. The summed E-state index contributed by atoms with van der Waals surface area (Å²) in [5, 5.41) is 0. The van der Waals surface area contributed by atoms with E-state index >= 15 is 0 Å². The van der Waals surface area contributed by atoms with Crippen molar-refractivity contribution in [2.45, 2.75) is 13.1 Å². The van der Waals surface area contributed by atoms with Crippen LogP contribution in [-0.4, -0.2) is 54.2 Å². The molecule has 0 saturated carbocycles. The highest BCUT2D eigenvalue weighted by molar-refractivity contribution is 5.89. The third-order valence-corrected chi connectivity index (χ3v) is 5.41. The number of carbonyl (C=O) groups excluding carboxylic acids is 1. The number of hydrogen-bond acceptors (Lipinski definition) is 7. The van der Waals surface area contributed by atoms with Gasteiger partial charge in [0, 0.05) is 55.4 Å². The Balaban J connectivity index is 1.46. The summed E-state index contributed by atoms with van der Waals surface area (Å²) in [5.74, 6) is 0.690. The van der Waals surface area contributed by atoms with Crippen molar-refractivity contribution in [3.05, 3.63) is 65.6 Å². The molecule has 0 atom stereocenters. The number of hydrogen-bond donors (Lipinski definition) is 0. The predicted molar refractivity (Wildman–Crippen MR) is 117 cm³/mol. The van der Waals surface area contributed by atoms with Crippen molar-refractivity contribution in [2.24, 2.45) is 0 Å². The van der Waals surface area contributed by atoms with E-state index in [2.05, 4.69) is 24.8 Å². The molecule has 0 spiro atoms. The molecule has 0 unspecified atom stereocenters. The summed E-state index contributed by atoms with van der Waals surface area (Å²) in [6, 6.07) is 11.4. The Morgan fingerprint density at radius 1 is 0.970 bits per heavy atom. The number of esters is 1. The van der Waals surface area contributed by atoms with Crippen LogP contribution in [0.3, 0.4) is 0 Å². The van der Waals surface area contributed by atoms with Gasteiger partial charge in [0.2, 0.25) is 0 Å². The lowest BCUT2D eigenvalue weighted by Gasteiger charge is -2.37. The van der Waals surface area contributed by atoms with Crippen LogP contribution in [0, 0.1) is 6.92 Å². The zero-order valence-electron chi connectivity index (χ0n) is 18.1. The number of ether oxygens (including phenoxy) is 1. The van der Waals surface area contributed by atoms with E-state index in [-0.39, 0.29) is 5.97 Å². The van der Waals surface area contributed by atoms with Gasteiger partial charge in [-0.25, -0.2) is 14.8 Å². The second-order valence-electron chi connectivity index (χ2n) is 7.63. The van der Waals surface area contributed by atoms with Crippen molar-refractivity contribution < 1.29 is 22.7 Å². The number of piperazine rings is 1. The van der Waals surface area contributed by atoms with Gasteiger partial charge in [-0.05, 0) is 43.3 Å². The molecule has 0 N–H and O–H groups in total. The highest BCUT2D eigenvalue weighted by Gasteiger charge is 2.32. The fourth-order valence-corrected chi connectivity index (χ4v) is 3.66. The molecule has 10 heteroatoms. The Labute approximate surface area is 188 Å². The van der Waals surface area contributed by atoms with Crippen LogP contribution in [0.5, 0.6) is 0 Å². The third kappa shape index (κ3) is 5.05. The quantitative estimate of drug-likeness (QED) is 0.549. The molecule has 0 radical (unpaired) electrons. The van der Waals surface area contributed by atoms with Crippen LogP contribution in [0.15, 0.2) is 48.7 Å². The Morgan fingerprint density at radius 2 is 1.64 bits per heavy atom. The molecule has 7 nitrogen and oxygen atoms in total. The number of nitrogens with zero attached hydrogens (tertiary/aromatic N) is 5. The number of alkyl halides is 3. The first kappa shape index (κ1) is 22.5. The first-order valence-corrected chi connectivity index (χ1v) is 10.3. The SMILES string of the molecule is COC(=O)c1ccc(N2CCN(c3cc(C)nc(-c4ccc(C(F)(F)F)nc4)n3)CC2)cc1. The van der Waals surface area contributed by atoms with Crippen molar-refractivity contribution in [1.82, 2.24) is 15.0 Å². The number of aryl methyl sites for hydroxylation is 1. The maximum absolute atomic E-state index is 12.8. The monoisotopic (exact) mass is 457 g/mol. The molecule has 0 bridgehead atoms. The van der Waals surface area contributed by atoms with Gasteiger partial charge < -0.3 is 14.5 Å². The molecule has 3 aromatic rings. The van der Waals surface area contributed by atoms with E-state index in [0.29, 0.717) is 30.0 Å². The van der Waals surface area contributed by atoms with Gasteiger partial charge in [-0.15, -0.1) is 0 Å². The van der Waals surface area contributed by atoms with Gasteiger partial charge in [-0.1, -0.05) is 0 Å². The summed E-state index contributed by atoms with van der Waals surface area (Å²) in [6.45, 7) is 4.74. The van der Waals surface area contributed by atoms with E-state index in [0.717, 1.165) is 42.6 Å². The van der Waals surface area contributed by atoms with E-state index in [1.165, 1.54) is 13.2 Å². The van der Waals surface area contributed by atoms with Crippen LogP contribution in [-0.2, 0) is 10.9 Å². The highest BCUT2D eigenvalue weighted by Crippen LogP contribution is 2.29. The molecule has 33 heavy (non-hydrogen) atoms. The van der Waals surface area contributed by atoms with Gasteiger partial charge in [0.05, 0.1) is 12.7 Å². The number of aromatic nitrogens is 3. The Morgan fingerprint density at radius 3 is 2.21 bits per heavy atom. The molecule has 0 amide bonds. The van der Waals surface area contributed by atoms with Crippen LogP contribution < -0.4 is 9.80 Å². The number of methoxy groups -OCH3 is 1. The molecule has 1 aromatic carbocycles. The van der Waals surface area contributed by atoms with Crippen LogP contribution >= 0.6 is 0 Å². The minimum atomic E-state index is -4.49. The number of rotatable bonds is 4. The third-order valence-electron chi connectivity index (χ3n) is 5.41. The lowest BCUT2D eigenvalue weighted by molar-refractivity contribution is -0.141.